The number of anilines is 1. The number of alkyl halides is 1. The molecule has 132 valence electrons. The summed E-state index contributed by atoms with van der Waals surface area (Å²) >= 11 is 0. The monoisotopic (exact) mass is 344 g/mol. The van der Waals surface area contributed by atoms with Crippen LogP contribution in [0.1, 0.15) is 37.8 Å². The van der Waals surface area contributed by atoms with E-state index in [0.29, 0.717) is 44.0 Å². The molecule has 2 saturated heterocycles. The highest BCUT2D eigenvalue weighted by atomic mass is 19.1. The molecular weight excluding hydrogens is 323 g/mol. The van der Waals surface area contributed by atoms with Crippen LogP contribution < -0.4 is 5.32 Å². The second kappa shape index (κ2) is 5.95. The van der Waals surface area contributed by atoms with Gasteiger partial charge in [-0.05, 0) is 37.8 Å². The van der Waals surface area contributed by atoms with Crippen molar-refractivity contribution in [1.82, 2.24) is 9.88 Å². The van der Waals surface area contributed by atoms with Crippen LogP contribution in [0, 0.1) is 11.3 Å². The van der Waals surface area contributed by atoms with E-state index in [1.165, 1.54) is 0 Å². The second-order valence-electron chi connectivity index (χ2n) is 7.35. The van der Waals surface area contributed by atoms with Crippen molar-refractivity contribution in [3.05, 3.63) is 23.9 Å². The van der Waals surface area contributed by atoms with E-state index in [1.807, 2.05) is 12.1 Å². The number of pyridine rings is 1. The summed E-state index contributed by atoms with van der Waals surface area (Å²) < 4.78 is 20.4. The largest absolute Gasteiger partial charge is 0.371 e. The standard InChI is InChI=1S/C18H21FN4O2/c19-18(5-2-6-18)16(24)23-8-7-17(12-23)9-14(11-25-17)22-15-4-1-3-13(10-20)21-15/h1,3-4,14H,2,5-9,11-12H2,(H,21,22). The first-order valence-electron chi connectivity index (χ1n) is 8.78. The number of carbonyl (C=O) groups excluding carboxylic acids is 1. The first-order valence-corrected chi connectivity index (χ1v) is 8.78. The molecule has 1 saturated carbocycles. The maximum absolute atomic E-state index is 14.4. The van der Waals surface area contributed by atoms with Crippen molar-refractivity contribution in [2.75, 3.05) is 25.0 Å². The molecule has 2 aliphatic heterocycles. The number of nitrogens with zero attached hydrogens (tertiary/aromatic N) is 3. The van der Waals surface area contributed by atoms with Crippen molar-refractivity contribution in [3.63, 3.8) is 0 Å². The molecule has 0 aromatic carbocycles. The summed E-state index contributed by atoms with van der Waals surface area (Å²) in [5, 5.41) is 12.2. The molecule has 2 atom stereocenters. The third-order valence-corrected chi connectivity index (χ3v) is 5.56. The molecule has 3 fully saturated rings. The summed E-state index contributed by atoms with van der Waals surface area (Å²) in [6, 6.07) is 7.36. The minimum absolute atomic E-state index is 0.0690. The van der Waals surface area contributed by atoms with Crippen LogP contribution in [0.5, 0.6) is 0 Å². The highest BCUT2D eigenvalue weighted by Gasteiger charge is 2.52. The number of nitrogens with one attached hydrogen (secondary N) is 1. The molecule has 4 rings (SSSR count). The van der Waals surface area contributed by atoms with E-state index in [4.69, 9.17) is 10.00 Å². The predicted molar refractivity (Wildman–Crippen MR) is 88.5 cm³/mol. The maximum atomic E-state index is 14.4. The zero-order valence-corrected chi connectivity index (χ0v) is 14.0. The molecule has 0 radical (unpaired) electrons. The maximum Gasteiger partial charge on any atom is 0.260 e. The molecule has 7 heteroatoms. The molecule has 1 spiro atoms. The van der Waals surface area contributed by atoms with Gasteiger partial charge < -0.3 is 15.0 Å². The van der Waals surface area contributed by atoms with Gasteiger partial charge in [-0.2, -0.15) is 5.26 Å². The molecule has 25 heavy (non-hydrogen) atoms. The first-order chi connectivity index (χ1) is 12.0. The molecule has 1 aromatic heterocycles. The predicted octanol–water partition coefficient (Wildman–Crippen LogP) is 2.02. The van der Waals surface area contributed by atoms with E-state index in [9.17, 15) is 9.18 Å². The molecule has 1 N–H and O–H groups in total. The number of rotatable bonds is 3. The van der Waals surface area contributed by atoms with Gasteiger partial charge in [0.2, 0.25) is 0 Å². The van der Waals surface area contributed by atoms with Gasteiger partial charge in [0.05, 0.1) is 18.2 Å². The highest BCUT2D eigenvalue weighted by Crippen LogP contribution is 2.41. The summed E-state index contributed by atoms with van der Waals surface area (Å²) in [4.78, 5) is 18.2. The van der Waals surface area contributed by atoms with Crippen molar-refractivity contribution in [3.8, 4) is 6.07 Å². The fraction of sp³-hybridized carbons (Fsp3) is 0.611. The first kappa shape index (κ1) is 16.3. The van der Waals surface area contributed by atoms with Crippen LogP contribution in [0.2, 0.25) is 0 Å². The topological polar surface area (TPSA) is 78.2 Å². The van der Waals surface area contributed by atoms with Crippen LogP contribution >= 0.6 is 0 Å². The molecule has 6 nitrogen and oxygen atoms in total. The Hall–Kier alpha value is -2.20. The molecule has 1 aromatic rings. The van der Waals surface area contributed by atoms with Crippen molar-refractivity contribution in [2.24, 2.45) is 0 Å². The van der Waals surface area contributed by atoms with E-state index in [-0.39, 0.29) is 17.6 Å². The Morgan fingerprint density at radius 2 is 2.28 bits per heavy atom. The number of hydrogen-bond donors (Lipinski definition) is 1. The van der Waals surface area contributed by atoms with Crippen LogP contribution in [0.3, 0.4) is 0 Å². The quantitative estimate of drug-likeness (QED) is 0.908. The zero-order valence-electron chi connectivity index (χ0n) is 14.0. The van der Waals surface area contributed by atoms with Gasteiger partial charge in [-0.25, -0.2) is 9.37 Å². The highest BCUT2D eigenvalue weighted by molar-refractivity contribution is 5.86. The Balaban J connectivity index is 1.37. The number of ether oxygens (including phenoxy) is 1. The van der Waals surface area contributed by atoms with Gasteiger partial charge in [0.1, 0.15) is 17.6 Å². The van der Waals surface area contributed by atoms with Crippen molar-refractivity contribution >= 4 is 11.7 Å². The normalized spacial score (nSPS) is 30.1. The van der Waals surface area contributed by atoms with E-state index in [0.717, 1.165) is 19.3 Å². The second-order valence-corrected chi connectivity index (χ2v) is 7.35. The number of nitriles is 1. The summed E-state index contributed by atoms with van der Waals surface area (Å²) in [5.74, 6) is 0.284. The number of likely N-dealkylation sites (tertiary alicyclic amines) is 1. The lowest BCUT2D eigenvalue weighted by Gasteiger charge is -2.36. The SMILES string of the molecule is N#Cc1cccc(NC2COC3(CCN(C(=O)C4(F)CCC4)C3)C2)n1. The number of carbonyl (C=O) groups is 1. The van der Waals surface area contributed by atoms with Crippen molar-refractivity contribution < 1.29 is 13.9 Å². The van der Waals surface area contributed by atoms with E-state index in [2.05, 4.69) is 10.3 Å². The van der Waals surface area contributed by atoms with E-state index < -0.39 is 5.67 Å². The minimum Gasteiger partial charge on any atom is -0.371 e. The Kier molecular flexibility index (Phi) is 3.88. The third kappa shape index (κ3) is 2.95. The summed E-state index contributed by atoms with van der Waals surface area (Å²) in [6.07, 6.45) is 2.97. The fourth-order valence-electron chi connectivity index (χ4n) is 4.01. The van der Waals surface area contributed by atoms with Gasteiger partial charge in [0, 0.05) is 19.5 Å². The lowest BCUT2D eigenvalue weighted by atomic mass is 9.81. The molecular formula is C18H21FN4O2. The summed E-state index contributed by atoms with van der Waals surface area (Å²) in [6.45, 7) is 1.53. The van der Waals surface area contributed by atoms with E-state index in [1.54, 1.807) is 17.0 Å². The van der Waals surface area contributed by atoms with Gasteiger partial charge in [-0.1, -0.05) is 6.07 Å². The van der Waals surface area contributed by atoms with E-state index >= 15 is 0 Å². The number of halogens is 1. The van der Waals surface area contributed by atoms with Gasteiger partial charge in [-0.15, -0.1) is 0 Å². The Morgan fingerprint density at radius 3 is 3.00 bits per heavy atom. The van der Waals surface area contributed by atoms with Gasteiger partial charge in [0.25, 0.3) is 5.91 Å². The smallest absolute Gasteiger partial charge is 0.260 e. The zero-order chi connectivity index (χ0) is 17.5. The van der Waals surface area contributed by atoms with Crippen LogP contribution in [0.4, 0.5) is 10.2 Å². The van der Waals surface area contributed by atoms with Crippen LogP contribution in [-0.4, -0.2) is 52.8 Å². The van der Waals surface area contributed by atoms with Crippen LogP contribution in [0.25, 0.3) is 0 Å². The van der Waals surface area contributed by atoms with Gasteiger partial charge in [0.15, 0.2) is 5.67 Å². The fourth-order valence-corrected chi connectivity index (χ4v) is 4.01. The van der Waals surface area contributed by atoms with Crippen molar-refractivity contribution in [2.45, 2.75) is 49.4 Å². The molecule has 3 aliphatic rings. The average Bonchev–Trinajstić information content (AvgIpc) is 3.19. The molecule has 0 bridgehead atoms. The molecule has 2 unspecified atom stereocenters. The number of hydrogen-bond acceptors (Lipinski definition) is 5. The minimum atomic E-state index is -1.64. The lowest BCUT2D eigenvalue weighted by molar-refractivity contribution is -0.149. The van der Waals surface area contributed by atoms with Crippen molar-refractivity contribution in [1.29, 1.82) is 5.26 Å². The average molecular weight is 344 g/mol. The Labute approximate surface area is 146 Å². The lowest BCUT2D eigenvalue weighted by Crippen LogP contribution is -2.50. The summed E-state index contributed by atoms with van der Waals surface area (Å²) in [5.41, 5.74) is -1.66. The van der Waals surface area contributed by atoms with Crippen LogP contribution in [0.15, 0.2) is 18.2 Å². The number of aromatic nitrogens is 1. The Morgan fingerprint density at radius 1 is 1.44 bits per heavy atom. The number of amides is 1. The molecule has 1 amide bonds. The van der Waals surface area contributed by atoms with Gasteiger partial charge >= 0.3 is 0 Å². The van der Waals surface area contributed by atoms with Crippen LogP contribution in [-0.2, 0) is 9.53 Å². The van der Waals surface area contributed by atoms with Gasteiger partial charge in [-0.3, -0.25) is 4.79 Å². The molecule has 3 heterocycles. The summed E-state index contributed by atoms with van der Waals surface area (Å²) in [7, 11) is 0. The third-order valence-electron chi connectivity index (χ3n) is 5.56. The Bertz CT molecular complexity index is 730. The molecule has 1 aliphatic carbocycles.